The van der Waals surface area contributed by atoms with Crippen molar-refractivity contribution in [3.63, 3.8) is 0 Å². The highest BCUT2D eigenvalue weighted by Gasteiger charge is 2.27. The number of nitrogens with zero attached hydrogens (tertiary/aromatic N) is 5. The van der Waals surface area contributed by atoms with E-state index in [1.54, 1.807) is 48.4 Å². The molecule has 1 aromatic heterocycles. The summed E-state index contributed by atoms with van der Waals surface area (Å²) in [5.74, 6) is 0.609. The minimum absolute atomic E-state index is 0.127. The highest BCUT2D eigenvalue weighted by molar-refractivity contribution is 6.33. The number of carbonyl (C=O) groups excluding carboxylic acids is 2. The standard InChI is InChI=1S/C31H29ClFN5O3/c1-41-25-12-8-23(9-13-25)28-14-15-29(35-34-28)36-16-18-37(19-17-36)30(39)21-38(20-22-6-10-24(33)11-7-22)31(40)26-4-2-3-5-27(26)32/h2-15H,16-21H2,1H3. The number of ether oxygens (including phenoxy) is 1. The minimum Gasteiger partial charge on any atom is -0.497 e. The molecule has 2 amide bonds. The van der Waals surface area contributed by atoms with Gasteiger partial charge in [-0.1, -0.05) is 35.9 Å². The number of benzene rings is 3. The Labute approximate surface area is 242 Å². The van der Waals surface area contributed by atoms with Gasteiger partial charge >= 0.3 is 0 Å². The molecule has 0 unspecified atom stereocenters. The predicted octanol–water partition coefficient (Wildman–Crippen LogP) is 4.94. The first-order valence-electron chi connectivity index (χ1n) is 13.2. The monoisotopic (exact) mass is 573 g/mol. The van der Waals surface area contributed by atoms with Crippen LogP contribution < -0.4 is 9.64 Å². The average molecular weight is 574 g/mol. The molecule has 210 valence electrons. The number of carbonyl (C=O) groups is 2. The van der Waals surface area contributed by atoms with Crippen LogP contribution in [0.3, 0.4) is 0 Å². The van der Waals surface area contributed by atoms with E-state index in [9.17, 15) is 14.0 Å². The molecule has 3 aromatic carbocycles. The van der Waals surface area contributed by atoms with E-state index < -0.39 is 0 Å². The van der Waals surface area contributed by atoms with E-state index in [4.69, 9.17) is 16.3 Å². The Morgan fingerprint density at radius 1 is 0.902 bits per heavy atom. The fourth-order valence-corrected chi connectivity index (χ4v) is 4.89. The normalized spacial score (nSPS) is 13.1. The van der Waals surface area contributed by atoms with Crippen molar-refractivity contribution in [2.24, 2.45) is 0 Å². The van der Waals surface area contributed by atoms with E-state index >= 15 is 0 Å². The van der Waals surface area contributed by atoms with E-state index in [0.29, 0.717) is 42.3 Å². The first kappa shape index (κ1) is 28.0. The lowest BCUT2D eigenvalue weighted by molar-refractivity contribution is -0.132. The van der Waals surface area contributed by atoms with Crippen molar-refractivity contribution in [2.45, 2.75) is 6.54 Å². The van der Waals surface area contributed by atoms with Crippen molar-refractivity contribution >= 4 is 29.2 Å². The van der Waals surface area contributed by atoms with E-state index in [2.05, 4.69) is 15.1 Å². The van der Waals surface area contributed by atoms with Gasteiger partial charge in [0, 0.05) is 38.3 Å². The van der Waals surface area contributed by atoms with Crippen LogP contribution in [0.4, 0.5) is 10.2 Å². The number of aromatic nitrogens is 2. The Morgan fingerprint density at radius 3 is 2.24 bits per heavy atom. The van der Waals surface area contributed by atoms with Crippen LogP contribution in [0.2, 0.25) is 5.02 Å². The Bertz CT molecular complexity index is 1490. The summed E-state index contributed by atoms with van der Waals surface area (Å²) in [7, 11) is 1.63. The lowest BCUT2D eigenvalue weighted by Crippen LogP contribution is -2.52. The molecule has 1 saturated heterocycles. The summed E-state index contributed by atoms with van der Waals surface area (Å²) >= 11 is 6.29. The third-order valence-electron chi connectivity index (χ3n) is 7.00. The SMILES string of the molecule is COc1ccc(-c2ccc(N3CCN(C(=O)CN(Cc4ccc(F)cc4)C(=O)c4ccccc4Cl)CC3)nn2)cc1. The van der Waals surface area contributed by atoms with Crippen LogP contribution in [-0.2, 0) is 11.3 Å². The van der Waals surface area contributed by atoms with Gasteiger partial charge in [0.2, 0.25) is 5.91 Å². The summed E-state index contributed by atoms with van der Waals surface area (Å²) in [6.07, 6.45) is 0. The summed E-state index contributed by atoms with van der Waals surface area (Å²) in [6.45, 7) is 2.14. The largest absolute Gasteiger partial charge is 0.497 e. The molecule has 8 nitrogen and oxygen atoms in total. The number of anilines is 1. The third-order valence-corrected chi connectivity index (χ3v) is 7.33. The molecule has 1 fully saturated rings. The molecule has 0 spiro atoms. The maximum absolute atomic E-state index is 13.5. The zero-order valence-electron chi connectivity index (χ0n) is 22.5. The molecule has 0 bridgehead atoms. The topological polar surface area (TPSA) is 78.9 Å². The molecule has 10 heteroatoms. The lowest BCUT2D eigenvalue weighted by Gasteiger charge is -2.36. The van der Waals surface area contributed by atoms with Gasteiger partial charge in [0.15, 0.2) is 5.82 Å². The van der Waals surface area contributed by atoms with Gasteiger partial charge < -0.3 is 19.4 Å². The summed E-state index contributed by atoms with van der Waals surface area (Å²) in [5.41, 5.74) is 2.72. The first-order valence-corrected chi connectivity index (χ1v) is 13.6. The number of amides is 2. The zero-order valence-corrected chi connectivity index (χ0v) is 23.3. The van der Waals surface area contributed by atoms with Crippen molar-refractivity contribution in [3.05, 3.63) is 107 Å². The van der Waals surface area contributed by atoms with Gasteiger partial charge in [-0.25, -0.2) is 4.39 Å². The second-order valence-corrected chi connectivity index (χ2v) is 10.0. The molecule has 0 radical (unpaired) electrons. The molecule has 4 aromatic rings. The molecule has 1 aliphatic rings. The Morgan fingerprint density at radius 2 is 1.61 bits per heavy atom. The van der Waals surface area contributed by atoms with Crippen molar-refractivity contribution in [2.75, 3.05) is 44.7 Å². The van der Waals surface area contributed by atoms with E-state index in [1.807, 2.05) is 36.4 Å². The fourth-order valence-electron chi connectivity index (χ4n) is 4.67. The van der Waals surface area contributed by atoms with Crippen LogP contribution in [0.1, 0.15) is 15.9 Å². The predicted molar refractivity (Wildman–Crippen MR) is 155 cm³/mol. The van der Waals surface area contributed by atoms with Crippen LogP contribution in [0.25, 0.3) is 11.3 Å². The first-order chi connectivity index (χ1) is 19.9. The molecule has 0 atom stereocenters. The third kappa shape index (κ3) is 6.81. The van der Waals surface area contributed by atoms with Crippen molar-refractivity contribution in [1.29, 1.82) is 0 Å². The van der Waals surface area contributed by atoms with Crippen LogP contribution in [-0.4, -0.2) is 71.6 Å². The Balaban J connectivity index is 1.22. The molecule has 2 heterocycles. The number of rotatable bonds is 8. The number of hydrogen-bond donors (Lipinski definition) is 0. The molecule has 1 aliphatic heterocycles. The second kappa shape index (κ2) is 12.8. The van der Waals surface area contributed by atoms with Crippen LogP contribution in [0.15, 0.2) is 84.9 Å². The van der Waals surface area contributed by atoms with E-state index in [-0.39, 0.29) is 30.7 Å². The quantitative estimate of drug-likeness (QED) is 0.297. The fraction of sp³-hybridized carbons (Fsp3) is 0.226. The van der Waals surface area contributed by atoms with Crippen LogP contribution >= 0.6 is 11.6 Å². The molecule has 0 N–H and O–H groups in total. The van der Waals surface area contributed by atoms with Gasteiger partial charge in [-0.05, 0) is 66.2 Å². The Kier molecular flexibility index (Phi) is 8.74. The van der Waals surface area contributed by atoms with E-state index in [0.717, 1.165) is 22.8 Å². The van der Waals surface area contributed by atoms with Crippen LogP contribution in [0.5, 0.6) is 5.75 Å². The number of methoxy groups -OCH3 is 1. The highest BCUT2D eigenvalue weighted by Crippen LogP contribution is 2.23. The molecule has 0 aliphatic carbocycles. The molecule has 5 rings (SSSR count). The van der Waals surface area contributed by atoms with Gasteiger partial charge in [0.25, 0.3) is 5.91 Å². The summed E-state index contributed by atoms with van der Waals surface area (Å²) in [5, 5.41) is 9.10. The molecule has 0 saturated carbocycles. The molecule has 41 heavy (non-hydrogen) atoms. The maximum Gasteiger partial charge on any atom is 0.256 e. The van der Waals surface area contributed by atoms with Crippen molar-refractivity contribution in [3.8, 4) is 17.0 Å². The van der Waals surface area contributed by atoms with Crippen molar-refractivity contribution in [1.82, 2.24) is 20.0 Å². The summed E-state index contributed by atoms with van der Waals surface area (Å²) in [6, 6.07) is 24.1. The highest BCUT2D eigenvalue weighted by atomic mass is 35.5. The molecular weight excluding hydrogens is 545 g/mol. The molecular formula is C31H29ClFN5O3. The van der Waals surface area contributed by atoms with Crippen LogP contribution in [0, 0.1) is 5.82 Å². The number of hydrogen-bond acceptors (Lipinski definition) is 6. The van der Waals surface area contributed by atoms with E-state index in [1.165, 1.54) is 17.0 Å². The Hall–Kier alpha value is -4.50. The number of halogens is 2. The minimum atomic E-state index is -0.369. The van der Waals surface area contributed by atoms with Crippen molar-refractivity contribution < 1.29 is 18.7 Å². The van der Waals surface area contributed by atoms with Gasteiger partial charge in [-0.15, -0.1) is 10.2 Å². The van der Waals surface area contributed by atoms with Gasteiger partial charge in [-0.3, -0.25) is 9.59 Å². The maximum atomic E-state index is 13.5. The van der Waals surface area contributed by atoms with Gasteiger partial charge in [-0.2, -0.15) is 0 Å². The number of piperazine rings is 1. The van der Waals surface area contributed by atoms with Gasteiger partial charge in [0.1, 0.15) is 18.1 Å². The summed E-state index contributed by atoms with van der Waals surface area (Å²) < 4.78 is 18.7. The lowest BCUT2D eigenvalue weighted by atomic mass is 10.1. The zero-order chi connectivity index (χ0) is 28.8. The van der Waals surface area contributed by atoms with Gasteiger partial charge in [0.05, 0.1) is 23.4 Å². The second-order valence-electron chi connectivity index (χ2n) is 9.64. The average Bonchev–Trinajstić information content (AvgIpc) is 3.02. The smallest absolute Gasteiger partial charge is 0.256 e. The summed E-state index contributed by atoms with van der Waals surface area (Å²) in [4.78, 5) is 32.0.